The van der Waals surface area contributed by atoms with Crippen LogP contribution in [0.1, 0.15) is 32.3 Å². The molecule has 2 unspecified atom stereocenters. The van der Waals surface area contributed by atoms with E-state index in [9.17, 15) is 0 Å². The molecule has 0 saturated carbocycles. The van der Waals surface area contributed by atoms with Gasteiger partial charge in [-0.25, -0.2) is 0 Å². The van der Waals surface area contributed by atoms with E-state index in [2.05, 4.69) is 52.1 Å². The summed E-state index contributed by atoms with van der Waals surface area (Å²) in [6.07, 6.45) is 2.48. The van der Waals surface area contributed by atoms with Crippen LogP contribution in [0.5, 0.6) is 0 Å². The minimum Gasteiger partial charge on any atom is -0.311 e. The van der Waals surface area contributed by atoms with E-state index in [1.165, 1.54) is 18.4 Å². The Hall–Kier alpha value is -0.0900. The van der Waals surface area contributed by atoms with E-state index in [0.29, 0.717) is 12.1 Å². The minimum atomic E-state index is 0.563. The number of hydrogen-bond donors (Lipinski definition) is 1. The fourth-order valence-corrected chi connectivity index (χ4v) is 3.36. The average Bonchev–Trinajstić information content (AvgIpc) is 2.37. The van der Waals surface area contributed by atoms with E-state index >= 15 is 0 Å². The Morgan fingerprint density at radius 2 is 2.26 bits per heavy atom. The molecule has 106 valence electrons. The van der Waals surface area contributed by atoms with Gasteiger partial charge < -0.3 is 5.32 Å². The number of piperazine rings is 1. The van der Waals surface area contributed by atoms with E-state index in [-0.39, 0.29) is 0 Å². The standard InChI is InChI=1S/C15H22BrClN2/c1-3-4-14-10-19(11(2)8-18-14)9-12-5-6-13(16)7-15(12)17/h5-7,11,14,18H,3-4,8-10H2,1-2H3. The molecule has 1 aromatic rings. The van der Waals surface area contributed by atoms with Crippen LogP contribution in [0.4, 0.5) is 0 Å². The Morgan fingerprint density at radius 1 is 1.47 bits per heavy atom. The lowest BCUT2D eigenvalue weighted by Crippen LogP contribution is -2.54. The fourth-order valence-electron chi connectivity index (χ4n) is 2.62. The molecule has 19 heavy (non-hydrogen) atoms. The molecular formula is C15H22BrClN2. The van der Waals surface area contributed by atoms with Crippen molar-refractivity contribution >= 4 is 27.5 Å². The van der Waals surface area contributed by atoms with Crippen LogP contribution in [0.3, 0.4) is 0 Å². The molecule has 1 aliphatic heterocycles. The lowest BCUT2D eigenvalue weighted by molar-refractivity contribution is 0.129. The van der Waals surface area contributed by atoms with Gasteiger partial charge in [0, 0.05) is 41.2 Å². The maximum absolute atomic E-state index is 6.32. The number of benzene rings is 1. The van der Waals surface area contributed by atoms with E-state index < -0.39 is 0 Å². The van der Waals surface area contributed by atoms with Crippen LogP contribution in [0.2, 0.25) is 5.02 Å². The van der Waals surface area contributed by atoms with Crippen molar-refractivity contribution in [2.45, 2.75) is 45.3 Å². The smallest absolute Gasteiger partial charge is 0.0462 e. The van der Waals surface area contributed by atoms with Gasteiger partial charge in [-0.15, -0.1) is 0 Å². The highest BCUT2D eigenvalue weighted by atomic mass is 79.9. The molecule has 4 heteroatoms. The molecule has 0 bridgehead atoms. The van der Waals surface area contributed by atoms with Crippen molar-refractivity contribution in [3.8, 4) is 0 Å². The fraction of sp³-hybridized carbons (Fsp3) is 0.600. The lowest BCUT2D eigenvalue weighted by Gasteiger charge is -2.39. The van der Waals surface area contributed by atoms with Crippen molar-refractivity contribution < 1.29 is 0 Å². The van der Waals surface area contributed by atoms with Crippen LogP contribution in [-0.2, 0) is 6.54 Å². The van der Waals surface area contributed by atoms with Crippen LogP contribution >= 0.6 is 27.5 Å². The van der Waals surface area contributed by atoms with E-state index in [4.69, 9.17) is 11.6 Å². The van der Waals surface area contributed by atoms with Gasteiger partial charge in [0.25, 0.3) is 0 Å². The molecule has 0 radical (unpaired) electrons. The molecule has 0 aromatic heterocycles. The molecular weight excluding hydrogens is 324 g/mol. The van der Waals surface area contributed by atoms with Gasteiger partial charge in [-0.2, -0.15) is 0 Å². The van der Waals surface area contributed by atoms with Crippen molar-refractivity contribution in [3.05, 3.63) is 33.3 Å². The molecule has 2 nitrogen and oxygen atoms in total. The molecule has 1 N–H and O–H groups in total. The number of halogens is 2. The van der Waals surface area contributed by atoms with Gasteiger partial charge in [0.2, 0.25) is 0 Å². The summed E-state index contributed by atoms with van der Waals surface area (Å²) in [7, 11) is 0. The molecule has 1 heterocycles. The van der Waals surface area contributed by atoms with Gasteiger partial charge >= 0.3 is 0 Å². The molecule has 1 aliphatic rings. The van der Waals surface area contributed by atoms with Gasteiger partial charge in [0.15, 0.2) is 0 Å². The molecule has 0 spiro atoms. The molecule has 2 rings (SSSR count). The predicted octanol–water partition coefficient (Wildman–Crippen LogP) is 4.06. The van der Waals surface area contributed by atoms with E-state index in [1.807, 2.05) is 6.07 Å². The third kappa shape index (κ3) is 4.19. The summed E-state index contributed by atoms with van der Waals surface area (Å²) in [5, 5.41) is 4.48. The molecule has 1 fully saturated rings. The molecule has 2 atom stereocenters. The Bertz CT molecular complexity index is 425. The van der Waals surface area contributed by atoms with Crippen LogP contribution in [0, 0.1) is 0 Å². The monoisotopic (exact) mass is 344 g/mol. The highest BCUT2D eigenvalue weighted by molar-refractivity contribution is 9.10. The van der Waals surface area contributed by atoms with Crippen molar-refractivity contribution in [1.29, 1.82) is 0 Å². The van der Waals surface area contributed by atoms with Crippen LogP contribution < -0.4 is 5.32 Å². The topological polar surface area (TPSA) is 15.3 Å². The Morgan fingerprint density at radius 3 is 2.95 bits per heavy atom. The van der Waals surface area contributed by atoms with Crippen LogP contribution in [0.15, 0.2) is 22.7 Å². The largest absolute Gasteiger partial charge is 0.311 e. The third-order valence-electron chi connectivity index (χ3n) is 3.81. The molecule has 0 aliphatic carbocycles. The summed E-state index contributed by atoms with van der Waals surface area (Å²) in [6.45, 7) is 7.65. The van der Waals surface area contributed by atoms with Gasteiger partial charge in [-0.3, -0.25) is 4.90 Å². The van der Waals surface area contributed by atoms with Crippen molar-refractivity contribution in [2.24, 2.45) is 0 Å². The zero-order valence-corrected chi connectivity index (χ0v) is 14.0. The summed E-state index contributed by atoms with van der Waals surface area (Å²) in [4.78, 5) is 2.53. The molecule has 0 amide bonds. The highest BCUT2D eigenvalue weighted by Crippen LogP contribution is 2.24. The Balaban J connectivity index is 2.03. The van der Waals surface area contributed by atoms with Crippen molar-refractivity contribution in [3.63, 3.8) is 0 Å². The summed E-state index contributed by atoms with van der Waals surface area (Å²) in [5.41, 5.74) is 1.22. The zero-order valence-electron chi connectivity index (χ0n) is 11.6. The first-order chi connectivity index (χ1) is 9.10. The summed E-state index contributed by atoms with van der Waals surface area (Å²) < 4.78 is 1.04. The summed E-state index contributed by atoms with van der Waals surface area (Å²) in [5.74, 6) is 0. The zero-order chi connectivity index (χ0) is 13.8. The second kappa shape index (κ2) is 7.07. The number of nitrogens with one attached hydrogen (secondary N) is 1. The number of nitrogens with zero attached hydrogens (tertiary/aromatic N) is 1. The van der Waals surface area contributed by atoms with Crippen LogP contribution in [0.25, 0.3) is 0 Å². The van der Waals surface area contributed by atoms with E-state index in [1.54, 1.807) is 0 Å². The Labute approximate surface area is 129 Å². The summed E-state index contributed by atoms with van der Waals surface area (Å²) in [6, 6.07) is 7.35. The average molecular weight is 346 g/mol. The number of rotatable bonds is 4. The molecule has 1 aromatic carbocycles. The van der Waals surface area contributed by atoms with Gasteiger partial charge in [-0.1, -0.05) is 46.9 Å². The second-order valence-corrected chi connectivity index (χ2v) is 6.73. The van der Waals surface area contributed by atoms with Gasteiger partial charge in [0.05, 0.1) is 0 Å². The first-order valence-corrected chi connectivity index (χ1v) is 8.18. The van der Waals surface area contributed by atoms with Gasteiger partial charge in [-0.05, 0) is 31.0 Å². The van der Waals surface area contributed by atoms with Gasteiger partial charge in [0.1, 0.15) is 0 Å². The second-order valence-electron chi connectivity index (χ2n) is 5.41. The maximum Gasteiger partial charge on any atom is 0.0462 e. The van der Waals surface area contributed by atoms with Crippen molar-refractivity contribution in [2.75, 3.05) is 13.1 Å². The highest BCUT2D eigenvalue weighted by Gasteiger charge is 2.24. The lowest BCUT2D eigenvalue weighted by atomic mass is 10.0. The number of hydrogen-bond acceptors (Lipinski definition) is 2. The third-order valence-corrected chi connectivity index (χ3v) is 4.65. The minimum absolute atomic E-state index is 0.563. The normalized spacial score (nSPS) is 24.6. The van der Waals surface area contributed by atoms with E-state index in [0.717, 1.165) is 29.1 Å². The predicted molar refractivity (Wildman–Crippen MR) is 85.7 cm³/mol. The SMILES string of the molecule is CCCC1CN(Cc2ccc(Br)cc2Cl)C(C)CN1. The first-order valence-electron chi connectivity index (χ1n) is 7.01. The summed E-state index contributed by atoms with van der Waals surface area (Å²) >= 11 is 9.78. The van der Waals surface area contributed by atoms with Crippen molar-refractivity contribution in [1.82, 2.24) is 10.2 Å². The molecule has 1 saturated heterocycles. The van der Waals surface area contributed by atoms with Crippen LogP contribution in [-0.4, -0.2) is 30.1 Å². The Kier molecular flexibility index (Phi) is 5.70. The first kappa shape index (κ1) is 15.3. The quantitative estimate of drug-likeness (QED) is 0.885. The maximum atomic E-state index is 6.32.